The first-order valence-corrected chi connectivity index (χ1v) is 5.03. The molecule has 0 unspecified atom stereocenters. The fourth-order valence-corrected chi connectivity index (χ4v) is 1.84. The molecule has 0 saturated heterocycles. The average Bonchev–Trinajstić information content (AvgIpc) is 2.27. The van der Waals surface area contributed by atoms with Gasteiger partial charge in [-0.3, -0.25) is 4.79 Å². The van der Waals surface area contributed by atoms with E-state index in [0.29, 0.717) is 5.69 Å². The van der Waals surface area contributed by atoms with Gasteiger partial charge in [0.2, 0.25) is 0 Å². The zero-order valence-corrected chi connectivity index (χ0v) is 8.12. The molecular formula is C11H14N2O. The number of nitrogens with zero attached hydrogens (tertiary/aromatic N) is 1. The number of pyridine rings is 1. The van der Waals surface area contributed by atoms with Crippen LogP contribution < -0.4 is 5.73 Å². The highest BCUT2D eigenvalue weighted by Crippen LogP contribution is 2.19. The van der Waals surface area contributed by atoms with Crippen molar-refractivity contribution in [2.45, 2.75) is 25.7 Å². The van der Waals surface area contributed by atoms with Gasteiger partial charge in [-0.2, -0.15) is 0 Å². The summed E-state index contributed by atoms with van der Waals surface area (Å²) in [7, 11) is 0. The smallest absolute Gasteiger partial charge is 0.194 e. The first kappa shape index (κ1) is 9.34. The molecule has 1 aliphatic carbocycles. The topological polar surface area (TPSA) is 56.0 Å². The third kappa shape index (κ3) is 1.68. The van der Waals surface area contributed by atoms with Gasteiger partial charge < -0.3 is 5.73 Å². The van der Waals surface area contributed by atoms with Crippen LogP contribution in [0.15, 0.2) is 12.1 Å². The highest BCUT2D eigenvalue weighted by atomic mass is 16.1. The molecule has 0 aliphatic heterocycles. The Hall–Kier alpha value is -1.22. The van der Waals surface area contributed by atoms with E-state index in [4.69, 9.17) is 5.73 Å². The molecule has 1 aliphatic rings. The van der Waals surface area contributed by atoms with Crippen LogP contribution in [0.1, 0.15) is 34.6 Å². The number of Topliss-reactive ketones (excluding diaryl/α,β-unsaturated/α-hetero) is 1. The van der Waals surface area contributed by atoms with Crippen molar-refractivity contribution in [2.24, 2.45) is 5.73 Å². The molecule has 0 spiro atoms. The summed E-state index contributed by atoms with van der Waals surface area (Å²) in [6.45, 7) is 0.0474. The van der Waals surface area contributed by atoms with Crippen molar-refractivity contribution in [2.75, 3.05) is 6.54 Å². The molecule has 0 amide bonds. The largest absolute Gasteiger partial charge is 0.324 e. The molecule has 2 N–H and O–H groups in total. The van der Waals surface area contributed by atoms with Crippen LogP contribution in [0, 0.1) is 0 Å². The van der Waals surface area contributed by atoms with E-state index in [0.717, 1.165) is 18.5 Å². The molecule has 0 atom stereocenters. The van der Waals surface area contributed by atoms with E-state index in [2.05, 4.69) is 4.98 Å². The summed E-state index contributed by atoms with van der Waals surface area (Å²) < 4.78 is 0. The van der Waals surface area contributed by atoms with Crippen LogP contribution in [-0.2, 0) is 12.8 Å². The number of carbonyl (C=O) groups excluding carboxylic acids is 1. The molecule has 1 aromatic heterocycles. The maximum Gasteiger partial charge on any atom is 0.194 e. The summed E-state index contributed by atoms with van der Waals surface area (Å²) in [6.07, 6.45) is 4.51. The van der Waals surface area contributed by atoms with Gasteiger partial charge in [0.1, 0.15) is 5.69 Å². The quantitative estimate of drug-likeness (QED) is 0.710. The summed E-state index contributed by atoms with van der Waals surface area (Å²) in [4.78, 5) is 15.7. The fourth-order valence-electron chi connectivity index (χ4n) is 1.84. The predicted molar refractivity (Wildman–Crippen MR) is 54.3 cm³/mol. The Morgan fingerprint density at radius 1 is 1.36 bits per heavy atom. The minimum absolute atomic E-state index is 0.0474. The lowest BCUT2D eigenvalue weighted by atomic mass is 9.95. The molecule has 0 fully saturated rings. The van der Waals surface area contributed by atoms with Crippen molar-refractivity contribution in [3.8, 4) is 0 Å². The number of aromatic nitrogens is 1. The normalized spacial score (nSPS) is 14.9. The molecule has 1 aromatic rings. The summed E-state index contributed by atoms with van der Waals surface area (Å²) in [6, 6.07) is 3.81. The van der Waals surface area contributed by atoms with Gasteiger partial charge in [-0.25, -0.2) is 4.98 Å². The second kappa shape index (κ2) is 3.88. The van der Waals surface area contributed by atoms with Crippen LogP contribution in [0.5, 0.6) is 0 Å². The zero-order chi connectivity index (χ0) is 9.97. The Bertz CT molecular complexity index is 360. The van der Waals surface area contributed by atoms with Gasteiger partial charge in [0.25, 0.3) is 0 Å². The number of nitrogens with two attached hydrogens (primary N) is 1. The molecule has 0 bridgehead atoms. The highest BCUT2D eigenvalue weighted by Gasteiger charge is 2.13. The lowest BCUT2D eigenvalue weighted by Crippen LogP contribution is -2.17. The van der Waals surface area contributed by atoms with Crippen molar-refractivity contribution >= 4 is 5.78 Å². The first-order chi connectivity index (χ1) is 6.81. The molecule has 0 radical (unpaired) electrons. The maximum absolute atomic E-state index is 11.3. The molecule has 0 saturated carbocycles. The van der Waals surface area contributed by atoms with Crippen LogP contribution in [0.3, 0.4) is 0 Å². The Labute approximate surface area is 83.3 Å². The zero-order valence-electron chi connectivity index (χ0n) is 8.12. The molecular weight excluding hydrogens is 176 g/mol. The standard InChI is InChI=1S/C11H14N2O/c12-7-11(14)10-6-5-8-3-1-2-4-9(8)13-10/h5-6H,1-4,7,12H2. The Balaban J connectivity index is 2.33. The van der Waals surface area contributed by atoms with Crippen LogP contribution in [0.2, 0.25) is 0 Å². The van der Waals surface area contributed by atoms with E-state index in [1.54, 1.807) is 6.07 Å². The second-order valence-electron chi connectivity index (χ2n) is 3.64. The number of aryl methyl sites for hydroxylation is 2. The third-order valence-electron chi connectivity index (χ3n) is 2.65. The summed E-state index contributed by atoms with van der Waals surface area (Å²) >= 11 is 0. The Morgan fingerprint density at radius 2 is 2.14 bits per heavy atom. The van der Waals surface area contributed by atoms with Crippen LogP contribution in [0.25, 0.3) is 0 Å². The number of hydrogen-bond acceptors (Lipinski definition) is 3. The van der Waals surface area contributed by atoms with Gasteiger partial charge in [-0.05, 0) is 37.3 Å². The predicted octanol–water partition coefficient (Wildman–Crippen LogP) is 1.10. The lowest BCUT2D eigenvalue weighted by Gasteiger charge is -2.14. The fraction of sp³-hybridized carbons (Fsp3) is 0.455. The molecule has 0 aromatic carbocycles. The third-order valence-corrected chi connectivity index (χ3v) is 2.65. The van der Waals surface area contributed by atoms with E-state index >= 15 is 0 Å². The number of rotatable bonds is 2. The van der Waals surface area contributed by atoms with Crippen molar-refractivity contribution in [1.82, 2.24) is 4.98 Å². The minimum atomic E-state index is -0.0710. The van der Waals surface area contributed by atoms with Crippen LogP contribution in [-0.4, -0.2) is 17.3 Å². The van der Waals surface area contributed by atoms with Crippen molar-refractivity contribution in [1.29, 1.82) is 0 Å². The van der Waals surface area contributed by atoms with Gasteiger partial charge in [-0.1, -0.05) is 6.07 Å². The van der Waals surface area contributed by atoms with Gasteiger partial charge in [-0.15, -0.1) is 0 Å². The van der Waals surface area contributed by atoms with Crippen molar-refractivity contribution < 1.29 is 4.79 Å². The first-order valence-electron chi connectivity index (χ1n) is 5.03. The number of hydrogen-bond donors (Lipinski definition) is 1. The summed E-state index contributed by atoms with van der Waals surface area (Å²) in [5.41, 5.74) is 8.20. The van der Waals surface area contributed by atoms with Gasteiger partial charge >= 0.3 is 0 Å². The van der Waals surface area contributed by atoms with E-state index in [-0.39, 0.29) is 12.3 Å². The van der Waals surface area contributed by atoms with Crippen LogP contribution in [0.4, 0.5) is 0 Å². The van der Waals surface area contributed by atoms with E-state index < -0.39 is 0 Å². The lowest BCUT2D eigenvalue weighted by molar-refractivity contribution is 0.0996. The van der Waals surface area contributed by atoms with E-state index in [9.17, 15) is 4.79 Å². The molecule has 1 heterocycles. The molecule has 2 rings (SSSR count). The second-order valence-corrected chi connectivity index (χ2v) is 3.64. The van der Waals surface area contributed by atoms with Gasteiger partial charge in [0.15, 0.2) is 5.78 Å². The van der Waals surface area contributed by atoms with Gasteiger partial charge in [0.05, 0.1) is 6.54 Å². The van der Waals surface area contributed by atoms with Crippen molar-refractivity contribution in [3.05, 3.63) is 29.1 Å². The molecule has 3 heteroatoms. The number of fused-ring (bicyclic) bond motifs is 1. The Morgan fingerprint density at radius 3 is 2.93 bits per heavy atom. The average molecular weight is 190 g/mol. The Kier molecular flexibility index (Phi) is 2.59. The van der Waals surface area contributed by atoms with Crippen LogP contribution >= 0.6 is 0 Å². The monoisotopic (exact) mass is 190 g/mol. The molecule has 14 heavy (non-hydrogen) atoms. The minimum Gasteiger partial charge on any atom is -0.324 e. The number of ketones is 1. The van der Waals surface area contributed by atoms with E-state index in [1.807, 2.05) is 6.07 Å². The summed E-state index contributed by atoms with van der Waals surface area (Å²) in [5, 5.41) is 0. The highest BCUT2D eigenvalue weighted by molar-refractivity contribution is 5.95. The SMILES string of the molecule is NCC(=O)c1ccc2c(n1)CCCC2. The maximum atomic E-state index is 11.3. The van der Waals surface area contributed by atoms with Crippen molar-refractivity contribution in [3.63, 3.8) is 0 Å². The van der Waals surface area contributed by atoms with E-state index in [1.165, 1.54) is 18.4 Å². The molecule has 3 nitrogen and oxygen atoms in total. The van der Waals surface area contributed by atoms with Gasteiger partial charge in [0, 0.05) is 5.69 Å². The summed E-state index contributed by atoms with van der Waals surface area (Å²) in [5.74, 6) is -0.0710. The molecule has 74 valence electrons. The number of carbonyl (C=O) groups is 1.